The van der Waals surface area contributed by atoms with Crippen LogP contribution in [0.4, 0.5) is 0 Å². The zero-order valence-corrected chi connectivity index (χ0v) is 11.1. The summed E-state index contributed by atoms with van der Waals surface area (Å²) < 4.78 is -0.518. The Morgan fingerprint density at radius 3 is 2.82 bits per heavy atom. The maximum atomic E-state index is 10.9. The van der Waals surface area contributed by atoms with Crippen molar-refractivity contribution in [1.29, 1.82) is 0 Å². The molecular formula is C12H18N2O2S. The summed E-state index contributed by atoms with van der Waals surface area (Å²) in [6.07, 6.45) is 1.74. The van der Waals surface area contributed by atoms with E-state index >= 15 is 0 Å². The van der Waals surface area contributed by atoms with E-state index in [0.29, 0.717) is 5.75 Å². The van der Waals surface area contributed by atoms with Crippen LogP contribution in [0.1, 0.15) is 25.1 Å². The van der Waals surface area contributed by atoms with E-state index < -0.39 is 16.8 Å². The van der Waals surface area contributed by atoms with Crippen LogP contribution in [0.5, 0.6) is 0 Å². The number of aryl methyl sites for hydroxylation is 1. The predicted molar refractivity (Wildman–Crippen MR) is 70.0 cm³/mol. The van der Waals surface area contributed by atoms with Gasteiger partial charge in [0.15, 0.2) is 0 Å². The molecule has 17 heavy (non-hydrogen) atoms. The van der Waals surface area contributed by atoms with Crippen LogP contribution in [-0.2, 0) is 10.5 Å². The number of thioether (sulfide) groups is 1. The first kappa shape index (κ1) is 14.0. The van der Waals surface area contributed by atoms with Crippen molar-refractivity contribution in [3.63, 3.8) is 0 Å². The van der Waals surface area contributed by atoms with E-state index in [4.69, 9.17) is 10.8 Å². The highest BCUT2D eigenvalue weighted by atomic mass is 32.2. The molecule has 0 aliphatic rings. The monoisotopic (exact) mass is 254 g/mol. The van der Waals surface area contributed by atoms with Crippen LogP contribution in [0.2, 0.25) is 0 Å². The summed E-state index contributed by atoms with van der Waals surface area (Å²) in [4.78, 5) is 15.1. The molecule has 0 amide bonds. The quantitative estimate of drug-likeness (QED) is 0.838. The molecule has 0 radical (unpaired) electrons. The third-order valence-corrected chi connectivity index (χ3v) is 4.13. The third-order valence-electron chi connectivity index (χ3n) is 2.71. The van der Waals surface area contributed by atoms with Gasteiger partial charge in [0.05, 0.1) is 5.69 Å². The van der Waals surface area contributed by atoms with Gasteiger partial charge in [0.25, 0.3) is 0 Å². The zero-order chi connectivity index (χ0) is 13.1. The van der Waals surface area contributed by atoms with E-state index in [2.05, 4.69) is 4.98 Å². The molecule has 0 aliphatic carbocycles. The molecular weight excluding hydrogens is 236 g/mol. The third kappa shape index (κ3) is 3.71. The molecule has 1 aromatic rings. The minimum Gasteiger partial charge on any atom is -0.480 e. The molecule has 0 bridgehead atoms. The van der Waals surface area contributed by atoms with Gasteiger partial charge in [-0.25, -0.2) is 0 Å². The maximum absolute atomic E-state index is 10.9. The Labute approximate surface area is 106 Å². The first-order valence-corrected chi connectivity index (χ1v) is 6.36. The molecule has 4 nitrogen and oxygen atoms in total. The SMILES string of the molecule is Cc1cccnc1CSC(C)(C)[C@@H](N)C(=O)O. The minimum atomic E-state index is -0.972. The first-order chi connectivity index (χ1) is 7.84. The number of aliphatic carboxylic acids is 1. The van der Waals surface area contributed by atoms with Crippen LogP contribution >= 0.6 is 11.8 Å². The normalized spacial score (nSPS) is 13.4. The number of hydrogen-bond donors (Lipinski definition) is 2. The number of hydrogen-bond acceptors (Lipinski definition) is 4. The van der Waals surface area contributed by atoms with Gasteiger partial charge in [0.1, 0.15) is 6.04 Å². The summed E-state index contributed by atoms with van der Waals surface area (Å²) in [5.41, 5.74) is 7.74. The lowest BCUT2D eigenvalue weighted by Crippen LogP contribution is -2.46. The second kappa shape index (κ2) is 5.51. The second-order valence-corrected chi connectivity index (χ2v) is 6.10. The molecule has 0 spiro atoms. The van der Waals surface area contributed by atoms with Crippen molar-refractivity contribution >= 4 is 17.7 Å². The molecule has 94 valence electrons. The lowest BCUT2D eigenvalue weighted by Gasteiger charge is -2.28. The van der Waals surface area contributed by atoms with E-state index in [1.54, 1.807) is 6.20 Å². The standard InChI is InChI=1S/C12H18N2O2S/c1-8-5-4-6-14-9(8)7-17-12(2,3)10(13)11(15)16/h4-6,10H,7,13H2,1-3H3,(H,15,16)/t10-/m0/s1. The van der Waals surface area contributed by atoms with Gasteiger partial charge in [0, 0.05) is 16.7 Å². The molecule has 0 fully saturated rings. The lowest BCUT2D eigenvalue weighted by molar-refractivity contribution is -0.139. The molecule has 1 aromatic heterocycles. The predicted octanol–water partition coefficient (Wildman–Crippen LogP) is 1.81. The Morgan fingerprint density at radius 2 is 2.29 bits per heavy atom. The van der Waals surface area contributed by atoms with Gasteiger partial charge in [0.2, 0.25) is 0 Å². The number of carboxylic acid groups (broad SMARTS) is 1. The molecule has 3 N–H and O–H groups in total. The Kier molecular flexibility index (Phi) is 4.54. The van der Waals surface area contributed by atoms with E-state index in [9.17, 15) is 4.79 Å². The van der Waals surface area contributed by atoms with Crippen LogP contribution in [0.15, 0.2) is 18.3 Å². The van der Waals surface area contributed by atoms with Crippen molar-refractivity contribution < 1.29 is 9.90 Å². The number of rotatable bonds is 5. The van der Waals surface area contributed by atoms with E-state index in [0.717, 1.165) is 11.3 Å². The van der Waals surface area contributed by atoms with Gasteiger partial charge in [-0.3, -0.25) is 9.78 Å². The number of aromatic nitrogens is 1. The Balaban J connectivity index is 2.67. The van der Waals surface area contributed by atoms with Crippen LogP contribution in [0, 0.1) is 6.92 Å². The number of pyridine rings is 1. The fourth-order valence-corrected chi connectivity index (χ4v) is 2.40. The number of nitrogens with two attached hydrogens (primary N) is 1. The van der Waals surface area contributed by atoms with E-state index in [1.807, 2.05) is 32.9 Å². The molecule has 1 heterocycles. The van der Waals surface area contributed by atoms with Crippen molar-refractivity contribution in [3.8, 4) is 0 Å². The summed E-state index contributed by atoms with van der Waals surface area (Å²) in [7, 11) is 0. The highest BCUT2D eigenvalue weighted by molar-refractivity contribution is 7.99. The van der Waals surface area contributed by atoms with Gasteiger partial charge < -0.3 is 10.8 Å². The van der Waals surface area contributed by atoms with Crippen molar-refractivity contribution in [3.05, 3.63) is 29.6 Å². The Morgan fingerprint density at radius 1 is 1.65 bits per heavy atom. The van der Waals surface area contributed by atoms with Crippen LogP contribution in [0.25, 0.3) is 0 Å². The lowest BCUT2D eigenvalue weighted by atomic mass is 10.1. The molecule has 0 saturated carbocycles. The molecule has 0 aromatic carbocycles. The summed E-state index contributed by atoms with van der Waals surface area (Å²) in [6, 6.07) is 3.00. The van der Waals surface area contributed by atoms with Gasteiger partial charge in [-0.1, -0.05) is 6.07 Å². The van der Waals surface area contributed by atoms with Crippen molar-refractivity contribution in [2.45, 2.75) is 37.3 Å². The molecule has 1 atom stereocenters. The average molecular weight is 254 g/mol. The highest BCUT2D eigenvalue weighted by Gasteiger charge is 2.32. The number of carbonyl (C=O) groups is 1. The second-order valence-electron chi connectivity index (χ2n) is 4.48. The average Bonchev–Trinajstić information content (AvgIpc) is 2.27. The maximum Gasteiger partial charge on any atom is 0.321 e. The van der Waals surface area contributed by atoms with Gasteiger partial charge in [-0.15, -0.1) is 11.8 Å². The molecule has 0 unspecified atom stereocenters. The molecule has 0 aliphatic heterocycles. The van der Waals surface area contributed by atoms with Crippen molar-refractivity contribution in [2.75, 3.05) is 0 Å². The van der Waals surface area contributed by atoms with Crippen LogP contribution in [0.3, 0.4) is 0 Å². The van der Waals surface area contributed by atoms with Crippen LogP contribution < -0.4 is 5.73 Å². The topological polar surface area (TPSA) is 76.2 Å². The Hall–Kier alpha value is -1.07. The fraction of sp³-hybridized carbons (Fsp3) is 0.500. The summed E-state index contributed by atoms with van der Waals surface area (Å²) >= 11 is 1.51. The smallest absolute Gasteiger partial charge is 0.321 e. The summed E-state index contributed by atoms with van der Waals surface area (Å²) in [6.45, 7) is 5.68. The van der Waals surface area contributed by atoms with Crippen LogP contribution in [-0.4, -0.2) is 26.8 Å². The minimum absolute atomic E-state index is 0.518. The van der Waals surface area contributed by atoms with E-state index in [-0.39, 0.29) is 0 Å². The summed E-state index contributed by atoms with van der Waals surface area (Å²) in [5, 5.41) is 8.92. The van der Waals surface area contributed by atoms with Gasteiger partial charge in [-0.2, -0.15) is 0 Å². The molecule has 0 saturated heterocycles. The highest BCUT2D eigenvalue weighted by Crippen LogP contribution is 2.30. The largest absolute Gasteiger partial charge is 0.480 e. The van der Waals surface area contributed by atoms with Gasteiger partial charge >= 0.3 is 5.97 Å². The Bertz CT molecular complexity index is 407. The van der Waals surface area contributed by atoms with Crippen molar-refractivity contribution in [1.82, 2.24) is 4.98 Å². The van der Waals surface area contributed by atoms with Crippen molar-refractivity contribution in [2.24, 2.45) is 5.73 Å². The molecule has 1 rings (SSSR count). The number of carboxylic acids is 1. The van der Waals surface area contributed by atoms with Gasteiger partial charge in [-0.05, 0) is 32.4 Å². The summed E-state index contributed by atoms with van der Waals surface area (Å²) in [5.74, 6) is -0.305. The van der Waals surface area contributed by atoms with E-state index in [1.165, 1.54) is 11.8 Å². The number of nitrogens with zero attached hydrogens (tertiary/aromatic N) is 1. The molecule has 5 heteroatoms. The first-order valence-electron chi connectivity index (χ1n) is 5.37. The fourth-order valence-electron chi connectivity index (χ4n) is 1.31. The zero-order valence-electron chi connectivity index (χ0n) is 10.3.